The van der Waals surface area contributed by atoms with Crippen LogP contribution < -0.4 is 10.1 Å². The van der Waals surface area contributed by atoms with Gasteiger partial charge in [-0.3, -0.25) is 4.79 Å². The van der Waals surface area contributed by atoms with Crippen molar-refractivity contribution in [3.05, 3.63) is 58.7 Å². The molecule has 2 rings (SSSR count). The van der Waals surface area contributed by atoms with Crippen LogP contribution in [0.25, 0.3) is 0 Å². The highest BCUT2D eigenvalue weighted by Crippen LogP contribution is 2.20. The molecule has 134 valence electrons. The quantitative estimate of drug-likeness (QED) is 0.859. The van der Waals surface area contributed by atoms with Crippen molar-refractivity contribution in [2.45, 2.75) is 25.2 Å². The number of aryl methyl sites for hydroxylation is 2. The zero-order valence-corrected chi connectivity index (χ0v) is 15.7. The van der Waals surface area contributed by atoms with Crippen LogP contribution in [0.5, 0.6) is 5.75 Å². The number of hydrogen-bond acceptors (Lipinski definition) is 4. The number of methoxy groups -OCH3 is 1. The molecule has 0 fully saturated rings. The Morgan fingerprint density at radius 3 is 2.48 bits per heavy atom. The molecule has 2 aromatic rings. The molecule has 1 amide bonds. The van der Waals surface area contributed by atoms with E-state index in [1.165, 1.54) is 12.1 Å². The Kier molecular flexibility index (Phi) is 5.85. The molecule has 2 aromatic carbocycles. The Morgan fingerprint density at radius 1 is 1.12 bits per heavy atom. The van der Waals surface area contributed by atoms with E-state index in [2.05, 4.69) is 5.32 Å². The molecule has 0 aliphatic rings. The third-order valence-electron chi connectivity index (χ3n) is 4.00. The Morgan fingerprint density at radius 2 is 1.84 bits per heavy atom. The Bertz CT molecular complexity index is 888. The molecule has 25 heavy (non-hydrogen) atoms. The van der Waals surface area contributed by atoms with E-state index < -0.39 is 9.84 Å². The van der Waals surface area contributed by atoms with Crippen molar-refractivity contribution in [3.8, 4) is 5.75 Å². The van der Waals surface area contributed by atoms with Crippen molar-refractivity contribution in [2.75, 3.05) is 19.9 Å². The Balaban J connectivity index is 2.10. The molecule has 0 radical (unpaired) electrons. The van der Waals surface area contributed by atoms with Crippen LogP contribution in [0.4, 0.5) is 0 Å². The number of ether oxygens (including phenoxy) is 1. The first-order valence-corrected chi connectivity index (χ1v) is 9.84. The summed E-state index contributed by atoms with van der Waals surface area (Å²) in [6.07, 6.45) is 1.75. The van der Waals surface area contributed by atoms with Crippen LogP contribution in [0.3, 0.4) is 0 Å². The summed E-state index contributed by atoms with van der Waals surface area (Å²) in [5, 5.41) is 2.85. The van der Waals surface area contributed by atoms with E-state index in [1.54, 1.807) is 20.1 Å². The first-order valence-electron chi connectivity index (χ1n) is 7.95. The zero-order valence-electron chi connectivity index (χ0n) is 14.9. The molecule has 0 atom stereocenters. The van der Waals surface area contributed by atoms with Gasteiger partial charge in [-0.1, -0.05) is 23.8 Å². The van der Waals surface area contributed by atoms with Gasteiger partial charge < -0.3 is 10.1 Å². The molecule has 0 aromatic heterocycles. The van der Waals surface area contributed by atoms with E-state index in [-0.39, 0.29) is 10.8 Å². The van der Waals surface area contributed by atoms with Crippen molar-refractivity contribution < 1.29 is 17.9 Å². The highest BCUT2D eigenvalue weighted by molar-refractivity contribution is 7.90. The van der Waals surface area contributed by atoms with Gasteiger partial charge in [-0.05, 0) is 49.6 Å². The number of nitrogens with one attached hydrogen (secondary N) is 1. The van der Waals surface area contributed by atoms with Gasteiger partial charge in [0.05, 0.1) is 12.0 Å². The second-order valence-electron chi connectivity index (χ2n) is 6.07. The summed E-state index contributed by atoms with van der Waals surface area (Å²) in [5.74, 6) is 0.504. The molecular formula is C19H23NO4S. The summed E-state index contributed by atoms with van der Waals surface area (Å²) in [7, 11) is -1.73. The van der Waals surface area contributed by atoms with Gasteiger partial charge in [-0.25, -0.2) is 8.42 Å². The maximum Gasteiger partial charge on any atom is 0.251 e. The molecule has 0 bridgehead atoms. The van der Waals surface area contributed by atoms with Gasteiger partial charge in [-0.2, -0.15) is 0 Å². The Hall–Kier alpha value is -2.34. The van der Waals surface area contributed by atoms with Crippen LogP contribution in [0.15, 0.2) is 41.3 Å². The fourth-order valence-electron chi connectivity index (χ4n) is 2.59. The van der Waals surface area contributed by atoms with Gasteiger partial charge in [0.25, 0.3) is 5.91 Å². The number of carbonyl (C=O) groups excluding carboxylic acids is 1. The van der Waals surface area contributed by atoms with Crippen molar-refractivity contribution in [1.82, 2.24) is 5.32 Å². The van der Waals surface area contributed by atoms with Crippen molar-refractivity contribution in [1.29, 1.82) is 0 Å². The van der Waals surface area contributed by atoms with Crippen molar-refractivity contribution in [3.63, 3.8) is 0 Å². The largest absolute Gasteiger partial charge is 0.496 e. The summed E-state index contributed by atoms with van der Waals surface area (Å²) in [6, 6.07) is 10.5. The minimum atomic E-state index is -3.35. The van der Waals surface area contributed by atoms with Crippen LogP contribution in [0.2, 0.25) is 0 Å². The standard InChI is InChI=1S/C19H23NO4S/c1-13-5-8-18(24-3)15(11-13)9-10-20-19(21)17-12-16(25(4,22)23)7-6-14(17)2/h5-8,11-12H,9-10H2,1-4H3,(H,20,21). The fourth-order valence-corrected chi connectivity index (χ4v) is 3.23. The lowest BCUT2D eigenvalue weighted by Crippen LogP contribution is -2.26. The van der Waals surface area contributed by atoms with Crippen LogP contribution in [0.1, 0.15) is 27.0 Å². The second kappa shape index (κ2) is 7.70. The summed E-state index contributed by atoms with van der Waals surface area (Å²) in [6.45, 7) is 4.22. The molecule has 5 nitrogen and oxygen atoms in total. The SMILES string of the molecule is COc1ccc(C)cc1CCNC(=O)c1cc(S(C)(=O)=O)ccc1C. The van der Waals surface area contributed by atoms with Gasteiger partial charge in [0, 0.05) is 18.4 Å². The van der Waals surface area contributed by atoms with Crippen molar-refractivity contribution in [2.24, 2.45) is 0 Å². The molecule has 0 aliphatic heterocycles. The lowest BCUT2D eigenvalue weighted by Gasteiger charge is -2.12. The predicted octanol–water partition coefficient (Wildman–Crippen LogP) is 2.69. The lowest BCUT2D eigenvalue weighted by molar-refractivity contribution is 0.0953. The minimum absolute atomic E-state index is 0.142. The number of hydrogen-bond donors (Lipinski definition) is 1. The highest BCUT2D eigenvalue weighted by atomic mass is 32.2. The molecule has 1 N–H and O–H groups in total. The van der Waals surface area contributed by atoms with Crippen LogP contribution >= 0.6 is 0 Å². The maximum absolute atomic E-state index is 12.4. The molecule has 0 unspecified atom stereocenters. The third kappa shape index (κ3) is 4.82. The topological polar surface area (TPSA) is 72.5 Å². The summed E-state index contributed by atoms with van der Waals surface area (Å²) in [4.78, 5) is 12.6. The number of carbonyl (C=O) groups is 1. The van der Waals surface area contributed by atoms with E-state index in [4.69, 9.17) is 4.74 Å². The van der Waals surface area contributed by atoms with Crippen LogP contribution in [-0.4, -0.2) is 34.2 Å². The van der Waals surface area contributed by atoms with E-state index >= 15 is 0 Å². The van der Waals surface area contributed by atoms with E-state index in [0.29, 0.717) is 18.5 Å². The highest BCUT2D eigenvalue weighted by Gasteiger charge is 2.14. The number of sulfone groups is 1. The smallest absolute Gasteiger partial charge is 0.251 e. The van der Waals surface area contributed by atoms with Gasteiger partial charge in [-0.15, -0.1) is 0 Å². The molecule has 0 aliphatic carbocycles. The van der Waals surface area contributed by atoms with Crippen molar-refractivity contribution >= 4 is 15.7 Å². The second-order valence-corrected chi connectivity index (χ2v) is 8.09. The monoisotopic (exact) mass is 361 g/mol. The Labute approximate surface area is 148 Å². The first kappa shape index (κ1) is 19.0. The van der Waals surface area contributed by atoms with Gasteiger partial charge in [0.2, 0.25) is 0 Å². The molecule has 0 saturated carbocycles. The lowest BCUT2D eigenvalue weighted by atomic mass is 10.1. The molecule has 6 heteroatoms. The van der Waals surface area contributed by atoms with Crippen LogP contribution in [-0.2, 0) is 16.3 Å². The van der Waals surface area contributed by atoms with Crippen LogP contribution in [0, 0.1) is 13.8 Å². The first-order chi connectivity index (χ1) is 11.7. The van der Waals surface area contributed by atoms with E-state index in [1.807, 2.05) is 25.1 Å². The van der Waals surface area contributed by atoms with Gasteiger partial charge in [0.1, 0.15) is 5.75 Å². The van der Waals surface area contributed by atoms with Gasteiger partial charge in [0.15, 0.2) is 9.84 Å². The number of rotatable bonds is 6. The fraction of sp³-hybridized carbons (Fsp3) is 0.316. The van der Waals surface area contributed by atoms with E-state index in [9.17, 15) is 13.2 Å². The summed E-state index contributed by atoms with van der Waals surface area (Å²) < 4.78 is 28.7. The minimum Gasteiger partial charge on any atom is -0.496 e. The normalized spacial score (nSPS) is 11.2. The molecular weight excluding hydrogens is 338 g/mol. The molecule has 0 spiro atoms. The summed E-state index contributed by atoms with van der Waals surface area (Å²) in [5.41, 5.74) is 3.25. The van der Waals surface area contributed by atoms with Gasteiger partial charge >= 0.3 is 0 Å². The number of benzene rings is 2. The summed E-state index contributed by atoms with van der Waals surface area (Å²) >= 11 is 0. The zero-order chi connectivity index (χ0) is 18.6. The predicted molar refractivity (Wildman–Crippen MR) is 98.1 cm³/mol. The average Bonchev–Trinajstić information content (AvgIpc) is 2.54. The molecule has 0 saturated heterocycles. The maximum atomic E-state index is 12.4. The number of amides is 1. The third-order valence-corrected chi connectivity index (χ3v) is 5.11. The average molecular weight is 361 g/mol. The van der Waals surface area contributed by atoms with E-state index in [0.717, 1.165) is 28.7 Å². The molecule has 0 heterocycles.